The van der Waals surface area contributed by atoms with Crippen molar-refractivity contribution in [2.75, 3.05) is 5.75 Å². The summed E-state index contributed by atoms with van der Waals surface area (Å²) in [6.07, 6.45) is 9.95. The minimum Gasteiger partial charge on any atom is -0.158 e. The summed E-state index contributed by atoms with van der Waals surface area (Å²) >= 11 is 2.15. The molecule has 1 atom stereocenters. The summed E-state index contributed by atoms with van der Waals surface area (Å²) in [5.41, 5.74) is 0.476. The Kier molecular flexibility index (Phi) is 9.59. The van der Waals surface area contributed by atoms with E-state index in [9.17, 15) is 0 Å². The minimum absolute atomic E-state index is 0.476. The molecule has 0 N–H and O–H groups in total. The maximum Gasteiger partial charge on any atom is 0.00954 e. The minimum atomic E-state index is 0.476. The van der Waals surface area contributed by atoms with Crippen LogP contribution in [0.4, 0.5) is 0 Å². The molecule has 0 saturated carbocycles. The fourth-order valence-corrected chi connectivity index (χ4v) is 3.31. The zero-order valence-electron chi connectivity index (χ0n) is 12.1. The van der Waals surface area contributed by atoms with E-state index in [1.54, 1.807) is 0 Å². The Bertz CT molecular complexity index is 146. The molecular formula is C15H32S. The molecule has 0 spiro atoms. The third-order valence-corrected chi connectivity index (χ3v) is 4.83. The standard InChI is InChI=1S/C15H32S/c1-6-8-9-10-11-12-13-14(16-7-2)15(3,4)5/h14H,6-13H2,1-5H3. The van der Waals surface area contributed by atoms with Gasteiger partial charge in [-0.25, -0.2) is 0 Å². The first-order valence-electron chi connectivity index (χ1n) is 7.14. The molecule has 0 aromatic rings. The lowest BCUT2D eigenvalue weighted by Gasteiger charge is -2.30. The lowest BCUT2D eigenvalue weighted by Crippen LogP contribution is -2.23. The summed E-state index contributed by atoms with van der Waals surface area (Å²) < 4.78 is 0. The van der Waals surface area contributed by atoms with Gasteiger partial charge in [-0.3, -0.25) is 0 Å². The summed E-state index contributed by atoms with van der Waals surface area (Å²) in [6, 6.07) is 0. The number of hydrogen-bond acceptors (Lipinski definition) is 1. The van der Waals surface area contributed by atoms with Gasteiger partial charge >= 0.3 is 0 Å². The van der Waals surface area contributed by atoms with Gasteiger partial charge in [-0.2, -0.15) is 11.8 Å². The molecule has 0 fully saturated rings. The van der Waals surface area contributed by atoms with Crippen molar-refractivity contribution in [1.29, 1.82) is 0 Å². The molecular weight excluding hydrogens is 212 g/mol. The summed E-state index contributed by atoms with van der Waals surface area (Å²) in [5, 5.41) is 0.851. The van der Waals surface area contributed by atoms with Crippen LogP contribution >= 0.6 is 11.8 Å². The Balaban J connectivity index is 3.61. The van der Waals surface area contributed by atoms with E-state index in [1.165, 1.54) is 50.7 Å². The number of hydrogen-bond donors (Lipinski definition) is 0. The van der Waals surface area contributed by atoms with Gasteiger partial charge in [0.15, 0.2) is 0 Å². The van der Waals surface area contributed by atoms with Crippen LogP contribution in [-0.2, 0) is 0 Å². The van der Waals surface area contributed by atoms with Gasteiger partial charge in [-0.15, -0.1) is 0 Å². The fraction of sp³-hybridized carbons (Fsp3) is 1.00. The summed E-state index contributed by atoms with van der Waals surface area (Å²) in [6.45, 7) is 11.7. The Labute approximate surface area is 108 Å². The second-order valence-electron chi connectivity index (χ2n) is 5.87. The van der Waals surface area contributed by atoms with E-state index in [-0.39, 0.29) is 0 Å². The van der Waals surface area contributed by atoms with E-state index in [0.717, 1.165) is 5.25 Å². The monoisotopic (exact) mass is 244 g/mol. The molecule has 16 heavy (non-hydrogen) atoms. The van der Waals surface area contributed by atoms with Crippen molar-refractivity contribution in [2.24, 2.45) is 5.41 Å². The Morgan fingerprint density at radius 1 is 0.875 bits per heavy atom. The average molecular weight is 244 g/mol. The first-order valence-corrected chi connectivity index (χ1v) is 8.18. The van der Waals surface area contributed by atoms with Gasteiger partial charge in [-0.05, 0) is 17.6 Å². The van der Waals surface area contributed by atoms with Crippen LogP contribution in [0.2, 0.25) is 0 Å². The van der Waals surface area contributed by atoms with Crippen LogP contribution in [0.15, 0.2) is 0 Å². The summed E-state index contributed by atoms with van der Waals surface area (Å²) in [5.74, 6) is 1.26. The molecule has 0 nitrogen and oxygen atoms in total. The van der Waals surface area contributed by atoms with Crippen LogP contribution in [-0.4, -0.2) is 11.0 Å². The first-order chi connectivity index (χ1) is 7.52. The van der Waals surface area contributed by atoms with Crippen LogP contribution in [0.1, 0.15) is 79.6 Å². The number of thioether (sulfide) groups is 1. The number of unbranched alkanes of at least 4 members (excludes halogenated alkanes) is 5. The molecule has 0 heterocycles. The third kappa shape index (κ3) is 8.50. The van der Waals surface area contributed by atoms with E-state index in [4.69, 9.17) is 0 Å². The predicted molar refractivity (Wildman–Crippen MR) is 79.4 cm³/mol. The second-order valence-corrected chi connectivity index (χ2v) is 7.35. The van der Waals surface area contributed by atoms with Crippen molar-refractivity contribution in [2.45, 2.75) is 84.8 Å². The predicted octanol–water partition coefficient (Wildman–Crippen LogP) is 5.90. The highest BCUT2D eigenvalue weighted by atomic mass is 32.2. The van der Waals surface area contributed by atoms with Crippen LogP contribution in [0.5, 0.6) is 0 Å². The van der Waals surface area contributed by atoms with Crippen LogP contribution in [0, 0.1) is 5.41 Å². The SMILES string of the molecule is CCCCCCCCC(SCC)C(C)(C)C. The van der Waals surface area contributed by atoms with E-state index in [0.29, 0.717) is 5.41 Å². The van der Waals surface area contributed by atoms with Gasteiger partial charge in [-0.1, -0.05) is 73.1 Å². The van der Waals surface area contributed by atoms with Crippen LogP contribution in [0.3, 0.4) is 0 Å². The topological polar surface area (TPSA) is 0 Å². The van der Waals surface area contributed by atoms with Gasteiger partial charge in [0.1, 0.15) is 0 Å². The molecule has 1 unspecified atom stereocenters. The van der Waals surface area contributed by atoms with Gasteiger partial charge in [0.2, 0.25) is 0 Å². The second kappa shape index (κ2) is 9.39. The van der Waals surface area contributed by atoms with Gasteiger partial charge in [0.05, 0.1) is 0 Å². The largest absolute Gasteiger partial charge is 0.158 e. The lowest BCUT2D eigenvalue weighted by molar-refractivity contribution is 0.370. The maximum absolute atomic E-state index is 2.39. The molecule has 0 aliphatic heterocycles. The molecule has 0 saturated heterocycles. The zero-order valence-corrected chi connectivity index (χ0v) is 13.0. The van der Waals surface area contributed by atoms with Crippen molar-refractivity contribution >= 4 is 11.8 Å². The quantitative estimate of drug-likeness (QED) is 0.455. The first kappa shape index (κ1) is 16.4. The van der Waals surface area contributed by atoms with Crippen LogP contribution < -0.4 is 0 Å². The zero-order chi connectivity index (χ0) is 12.4. The highest BCUT2D eigenvalue weighted by Gasteiger charge is 2.23. The molecule has 0 aliphatic carbocycles. The Hall–Kier alpha value is 0.350. The molecule has 0 radical (unpaired) electrons. The fourth-order valence-electron chi connectivity index (χ4n) is 2.08. The summed E-state index contributed by atoms with van der Waals surface area (Å²) in [4.78, 5) is 0. The van der Waals surface area contributed by atoms with E-state index < -0.39 is 0 Å². The Morgan fingerprint density at radius 3 is 1.94 bits per heavy atom. The van der Waals surface area contributed by atoms with E-state index in [1.807, 2.05) is 0 Å². The Morgan fingerprint density at radius 2 is 1.44 bits per heavy atom. The molecule has 98 valence electrons. The van der Waals surface area contributed by atoms with E-state index in [2.05, 4.69) is 46.4 Å². The smallest absolute Gasteiger partial charge is 0.00954 e. The number of rotatable bonds is 9. The van der Waals surface area contributed by atoms with Crippen LogP contribution in [0.25, 0.3) is 0 Å². The maximum atomic E-state index is 2.39. The molecule has 0 aromatic carbocycles. The normalized spacial score (nSPS) is 14.1. The van der Waals surface area contributed by atoms with Crippen molar-refractivity contribution < 1.29 is 0 Å². The molecule has 0 bridgehead atoms. The lowest BCUT2D eigenvalue weighted by atomic mass is 9.88. The van der Waals surface area contributed by atoms with Gasteiger partial charge in [0, 0.05) is 5.25 Å². The van der Waals surface area contributed by atoms with Gasteiger partial charge < -0.3 is 0 Å². The molecule has 0 aliphatic rings. The summed E-state index contributed by atoms with van der Waals surface area (Å²) in [7, 11) is 0. The average Bonchev–Trinajstić information content (AvgIpc) is 2.20. The van der Waals surface area contributed by atoms with Crippen molar-refractivity contribution in [1.82, 2.24) is 0 Å². The van der Waals surface area contributed by atoms with E-state index >= 15 is 0 Å². The molecule has 1 heteroatoms. The van der Waals surface area contributed by atoms with Crippen molar-refractivity contribution in [3.63, 3.8) is 0 Å². The highest BCUT2D eigenvalue weighted by Crippen LogP contribution is 2.34. The highest BCUT2D eigenvalue weighted by molar-refractivity contribution is 7.99. The molecule has 0 aromatic heterocycles. The molecule has 0 amide bonds. The van der Waals surface area contributed by atoms with Crippen molar-refractivity contribution in [3.05, 3.63) is 0 Å². The van der Waals surface area contributed by atoms with Gasteiger partial charge in [0.25, 0.3) is 0 Å². The molecule has 0 rings (SSSR count). The third-order valence-electron chi connectivity index (χ3n) is 3.15. The van der Waals surface area contributed by atoms with Crippen molar-refractivity contribution in [3.8, 4) is 0 Å².